The van der Waals surface area contributed by atoms with Crippen LogP contribution < -0.4 is 10.2 Å². The summed E-state index contributed by atoms with van der Waals surface area (Å²) in [6, 6.07) is 4.27. The van der Waals surface area contributed by atoms with Crippen molar-refractivity contribution in [3.05, 3.63) is 40.3 Å². The van der Waals surface area contributed by atoms with Crippen LogP contribution in [0.25, 0.3) is 0 Å². The summed E-state index contributed by atoms with van der Waals surface area (Å²) in [6.07, 6.45) is 6.38. The molecule has 0 atom stereocenters. The highest BCUT2D eigenvalue weighted by Gasteiger charge is 2.26. The first-order chi connectivity index (χ1) is 11.8. The Morgan fingerprint density at radius 2 is 2.00 bits per heavy atom. The predicted molar refractivity (Wildman–Crippen MR) is 94.2 cm³/mol. The number of anilines is 1. The number of carbonyl (C=O) groups excluding carboxylic acids is 1. The van der Waals surface area contributed by atoms with Gasteiger partial charge in [0.1, 0.15) is 0 Å². The first-order valence-corrected chi connectivity index (χ1v) is 9.30. The highest BCUT2D eigenvalue weighted by Crippen LogP contribution is 2.24. The molecular weight excluding hydrogens is 322 g/mol. The number of carbonyl (C=O) groups is 1. The van der Waals surface area contributed by atoms with Gasteiger partial charge in [0, 0.05) is 49.5 Å². The fourth-order valence-corrected chi connectivity index (χ4v) is 4.26. The fraction of sp³-hybridized carbons (Fsp3) is 0.471. The molecule has 1 saturated heterocycles. The van der Waals surface area contributed by atoms with Gasteiger partial charge in [-0.05, 0) is 42.3 Å². The molecule has 1 fully saturated rings. The van der Waals surface area contributed by atoms with Gasteiger partial charge >= 0.3 is 6.03 Å². The van der Waals surface area contributed by atoms with E-state index in [0.717, 1.165) is 51.4 Å². The van der Waals surface area contributed by atoms with Gasteiger partial charge in [0.2, 0.25) is 5.95 Å². The number of amides is 2. The Balaban J connectivity index is 1.29. The molecule has 2 aromatic rings. The van der Waals surface area contributed by atoms with Crippen molar-refractivity contribution in [1.29, 1.82) is 0 Å². The quantitative estimate of drug-likeness (QED) is 0.909. The van der Waals surface area contributed by atoms with Crippen molar-refractivity contribution in [2.75, 3.05) is 24.5 Å². The Morgan fingerprint density at radius 1 is 1.21 bits per heavy atom. The lowest BCUT2D eigenvalue weighted by Crippen LogP contribution is -2.50. The molecule has 4 rings (SSSR count). The minimum Gasteiger partial charge on any atom is -0.341 e. The maximum atomic E-state index is 12.5. The minimum atomic E-state index is 0.0706. The lowest BCUT2D eigenvalue weighted by Gasteiger charge is -2.34. The van der Waals surface area contributed by atoms with E-state index >= 15 is 0 Å². The SMILES string of the molecule is O=C(NC1CCN(c2ncccn2)CC1)N1CCc2sccc2C1. The van der Waals surface area contributed by atoms with Crippen molar-refractivity contribution in [3.8, 4) is 0 Å². The number of hydrogen-bond acceptors (Lipinski definition) is 5. The number of urea groups is 1. The van der Waals surface area contributed by atoms with E-state index in [0.29, 0.717) is 0 Å². The van der Waals surface area contributed by atoms with E-state index in [1.165, 1.54) is 10.4 Å². The first kappa shape index (κ1) is 15.4. The number of nitrogens with zero attached hydrogens (tertiary/aromatic N) is 4. The molecule has 2 aliphatic heterocycles. The summed E-state index contributed by atoms with van der Waals surface area (Å²) >= 11 is 1.80. The number of rotatable bonds is 2. The van der Waals surface area contributed by atoms with E-state index in [4.69, 9.17) is 0 Å². The Kier molecular flexibility index (Phi) is 4.34. The molecule has 2 aliphatic rings. The zero-order valence-electron chi connectivity index (χ0n) is 13.5. The van der Waals surface area contributed by atoms with E-state index in [1.807, 2.05) is 11.0 Å². The van der Waals surface area contributed by atoms with Crippen molar-refractivity contribution < 1.29 is 4.79 Å². The average Bonchev–Trinajstić information content (AvgIpc) is 3.11. The second-order valence-electron chi connectivity index (χ2n) is 6.30. The number of nitrogens with one attached hydrogen (secondary N) is 1. The van der Waals surface area contributed by atoms with Crippen LogP contribution in [0.2, 0.25) is 0 Å². The van der Waals surface area contributed by atoms with Crippen LogP contribution >= 0.6 is 11.3 Å². The Labute approximate surface area is 145 Å². The third kappa shape index (κ3) is 3.21. The molecule has 2 amide bonds. The van der Waals surface area contributed by atoms with Crippen molar-refractivity contribution in [3.63, 3.8) is 0 Å². The lowest BCUT2D eigenvalue weighted by atomic mass is 10.1. The van der Waals surface area contributed by atoms with Gasteiger partial charge in [-0.25, -0.2) is 14.8 Å². The summed E-state index contributed by atoms with van der Waals surface area (Å²) in [5.41, 5.74) is 1.30. The monoisotopic (exact) mass is 343 g/mol. The largest absolute Gasteiger partial charge is 0.341 e. The molecule has 2 aromatic heterocycles. The van der Waals surface area contributed by atoms with Crippen LogP contribution in [0.15, 0.2) is 29.9 Å². The maximum Gasteiger partial charge on any atom is 0.317 e. The average molecular weight is 343 g/mol. The van der Waals surface area contributed by atoms with Gasteiger partial charge in [-0.15, -0.1) is 11.3 Å². The van der Waals surface area contributed by atoms with Gasteiger partial charge < -0.3 is 15.1 Å². The molecule has 4 heterocycles. The zero-order chi connectivity index (χ0) is 16.4. The molecule has 0 radical (unpaired) electrons. The maximum absolute atomic E-state index is 12.5. The van der Waals surface area contributed by atoms with Gasteiger partial charge in [-0.3, -0.25) is 0 Å². The molecule has 0 spiro atoms. The van der Waals surface area contributed by atoms with Gasteiger partial charge in [0.25, 0.3) is 0 Å². The Hall–Kier alpha value is -2.15. The lowest BCUT2D eigenvalue weighted by molar-refractivity contribution is 0.186. The van der Waals surface area contributed by atoms with Crippen LogP contribution in [0.5, 0.6) is 0 Å². The van der Waals surface area contributed by atoms with Crippen molar-refractivity contribution >= 4 is 23.3 Å². The van der Waals surface area contributed by atoms with Crippen molar-refractivity contribution in [2.24, 2.45) is 0 Å². The second kappa shape index (κ2) is 6.76. The highest BCUT2D eigenvalue weighted by atomic mass is 32.1. The topological polar surface area (TPSA) is 61.4 Å². The molecule has 24 heavy (non-hydrogen) atoms. The smallest absolute Gasteiger partial charge is 0.317 e. The third-order valence-corrected chi connectivity index (χ3v) is 5.78. The summed E-state index contributed by atoms with van der Waals surface area (Å²) in [7, 11) is 0. The summed E-state index contributed by atoms with van der Waals surface area (Å²) in [5, 5.41) is 5.32. The van der Waals surface area contributed by atoms with Crippen LogP contribution in [0.4, 0.5) is 10.7 Å². The van der Waals surface area contributed by atoms with Crippen LogP contribution in [0, 0.1) is 0 Å². The van der Waals surface area contributed by atoms with Crippen LogP contribution in [-0.4, -0.2) is 46.6 Å². The molecule has 0 aromatic carbocycles. The normalized spacial score (nSPS) is 18.3. The molecular formula is C17H21N5OS. The van der Waals surface area contributed by atoms with Gasteiger partial charge in [0.05, 0.1) is 0 Å². The predicted octanol–water partition coefficient (Wildman–Crippen LogP) is 2.27. The standard InChI is InChI=1S/C17H21N5OS/c23-17(22-10-4-15-13(12-22)5-11-24-15)20-14-2-8-21(9-3-14)16-18-6-1-7-19-16/h1,5-7,11,14H,2-4,8-10,12H2,(H,20,23). The Morgan fingerprint density at radius 3 is 2.79 bits per heavy atom. The second-order valence-corrected chi connectivity index (χ2v) is 7.30. The molecule has 6 nitrogen and oxygen atoms in total. The summed E-state index contributed by atoms with van der Waals surface area (Å²) in [6.45, 7) is 3.31. The van der Waals surface area contributed by atoms with E-state index in [2.05, 4.69) is 31.6 Å². The number of piperidine rings is 1. The highest BCUT2D eigenvalue weighted by molar-refractivity contribution is 7.10. The summed E-state index contributed by atoms with van der Waals surface area (Å²) in [5.74, 6) is 0.781. The Bertz CT molecular complexity index is 696. The van der Waals surface area contributed by atoms with E-state index in [1.54, 1.807) is 23.7 Å². The van der Waals surface area contributed by atoms with Gasteiger partial charge in [-0.2, -0.15) is 0 Å². The fourth-order valence-electron chi connectivity index (χ4n) is 3.37. The van der Waals surface area contributed by atoms with Crippen molar-refractivity contribution in [2.45, 2.75) is 31.8 Å². The van der Waals surface area contributed by atoms with Crippen LogP contribution in [-0.2, 0) is 13.0 Å². The molecule has 1 N–H and O–H groups in total. The molecule has 7 heteroatoms. The van der Waals surface area contributed by atoms with E-state index < -0.39 is 0 Å². The third-order valence-electron chi connectivity index (χ3n) is 4.75. The van der Waals surface area contributed by atoms with Gasteiger partial charge in [0.15, 0.2) is 0 Å². The summed E-state index contributed by atoms with van der Waals surface area (Å²) < 4.78 is 0. The molecule has 0 unspecified atom stereocenters. The molecule has 0 saturated carbocycles. The number of thiophene rings is 1. The van der Waals surface area contributed by atoms with Gasteiger partial charge in [-0.1, -0.05) is 0 Å². The zero-order valence-corrected chi connectivity index (χ0v) is 14.3. The van der Waals surface area contributed by atoms with E-state index in [9.17, 15) is 4.79 Å². The number of hydrogen-bond donors (Lipinski definition) is 1. The number of fused-ring (bicyclic) bond motifs is 1. The van der Waals surface area contributed by atoms with E-state index in [-0.39, 0.29) is 12.1 Å². The van der Waals surface area contributed by atoms with Crippen LogP contribution in [0.1, 0.15) is 23.3 Å². The molecule has 126 valence electrons. The molecule has 0 aliphatic carbocycles. The van der Waals surface area contributed by atoms with Crippen LogP contribution in [0.3, 0.4) is 0 Å². The first-order valence-electron chi connectivity index (χ1n) is 8.42. The molecule has 0 bridgehead atoms. The minimum absolute atomic E-state index is 0.0706. The number of aromatic nitrogens is 2. The summed E-state index contributed by atoms with van der Waals surface area (Å²) in [4.78, 5) is 26.7. The van der Waals surface area contributed by atoms with Crippen molar-refractivity contribution in [1.82, 2.24) is 20.2 Å².